The Morgan fingerprint density at radius 1 is 1.24 bits per heavy atom. The average molecular weight is 492 g/mol. The third kappa shape index (κ3) is 3.97. The number of carbonyl (C=O) groups excluding carboxylic acids is 1. The lowest BCUT2D eigenvalue weighted by atomic mass is 9.67. The molecule has 7 nitrogen and oxygen atoms in total. The quantitative estimate of drug-likeness (QED) is 0.642. The highest BCUT2D eigenvalue weighted by molar-refractivity contribution is 7.90. The van der Waals surface area contributed by atoms with E-state index in [1.54, 1.807) is 43.6 Å². The third-order valence-corrected chi connectivity index (χ3v) is 9.42. The number of methoxy groups -OCH3 is 1. The second-order valence-corrected chi connectivity index (χ2v) is 11.0. The molecular weight excluding hydrogens is 464 g/mol. The van der Waals surface area contributed by atoms with Crippen molar-refractivity contribution in [3.05, 3.63) is 48.4 Å². The van der Waals surface area contributed by atoms with E-state index in [-0.39, 0.29) is 0 Å². The van der Waals surface area contributed by atoms with Crippen LogP contribution < -0.4 is 4.74 Å². The van der Waals surface area contributed by atoms with Crippen LogP contribution in [0.25, 0.3) is 17.2 Å². The van der Waals surface area contributed by atoms with Crippen molar-refractivity contribution < 1.29 is 26.7 Å². The van der Waals surface area contributed by atoms with E-state index in [0.717, 1.165) is 22.4 Å². The second kappa shape index (κ2) is 8.72. The molecule has 1 amide bonds. The van der Waals surface area contributed by atoms with Gasteiger partial charge in [0.05, 0.1) is 18.1 Å². The highest BCUT2D eigenvalue weighted by Crippen LogP contribution is 2.53. The zero-order chi connectivity index (χ0) is 24.8. The number of amides is 1. The van der Waals surface area contributed by atoms with Gasteiger partial charge < -0.3 is 4.74 Å². The molecule has 1 saturated heterocycles. The Morgan fingerprint density at radius 3 is 2.59 bits per heavy atom. The predicted molar refractivity (Wildman–Crippen MR) is 123 cm³/mol. The van der Waals surface area contributed by atoms with Gasteiger partial charge in [-0.15, -0.1) is 0 Å². The van der Waals surface area contributed by atoms with Gasteiger partial charge in [-0.2, -0.15) is 0 Å². The molecule has 182 valence electrons. The molecule has 0 spiro atoms. The Labute approximate surface area is 197 Å². The highest BCUT2D eigenvalue weighted by Gasteiger charge is 2.63. The standard InChI is InChI=1S/C24H27F2N3O4S/c1-14-19(22-15(2)29(16(3)30)34(31,32)21(22)12-24(14,25)26)10-9-18-8-7-17(13-28-18)20-6-5-11-27-23(20)33-4/h5-11,13-15,19,21-22H,12H2,1-4H3/t14-,15+,19-,21+,22-/m0/s1. The molecule has 1 saturated carbocycles. The third-order valence-electron chi connectivity index (χ3n) is 7.04. The number of aromatic nitrogens is 2. The molecule has 3 heterocycles. The molecule has 2 aromatic heterocycles. The molecule has 0 N–H and O–H groups in total. The first kappa shape index (κ1) is 24.3. The number of rotatable bonds is 4. The first-order valence-corrected chi connectivity index (χ1v) is 12.5. The summed E-state index contributed by atoms with van der Waals surface area (Å²) in [5.41, 5.74) is 2.10. The second-order valence-electron chi connectivity index (χ2n) is 8.94. The van der Waals surface area contributed by atoms with Crippen molar-refractivity contribution >= 4 is 22.0 Å². The van der Waals surface area contributed by atoms with E-state index in [0.29, 0.717) is 11.6 Å². The van der Waals surface area contributed by atoms with E-state index in [9.17, 15) is 22.0 Å². The molecule has 0 radical (unpaired) electrons. The fourth-order valence-electron chi connectivity index (χ4n) is 5.33. The number of fused-ring (bicyclic) bond motifs is 1. The summed E-state index contributed by atoms with van der Waals surface area (Å²) in [6, 6.07) is 6.52. The minimum atomic E-state index is -4.15. The van der Waals surface area contributed by atoms with Crippen LogP contribution in [0.4, 0.5) is 8.78 Å². The topological polar surface area (TPSA) is 89.5 Å². The van der Waals surface area contributed by atoms with Crippen LogP contribution in [0.1, 0.15) is 32.9 Å². The van der Waals surface area contributed by atoms with Gasteiger partial charge >= 0.3 is 0 Å². The van der Waals surface area contributed by atoms with Gasteiger partial charge in [0.15, 0.2) is 0 Å². The predicted octanol–water partition coefficient (Wildman–Crippen LogP) is 4.02. The van der Waals surface area contributed by atoms with Crippen molar-refractivity contribution in [1.82, 2.24) is 14.3 Å². The minimum Gasteiger partial charge on any atom is -0.481 e. The van der Waals surface area contributed by atoms with Gasteiger partial charge in [-0.25, -0.2) is 26.5 Å². The monoisotopic (exact) mass is 491 g/mol. The number of sulfonamides is 1. The van der Waals surface area contributed by atoms with Gasteiger partial charge in [-0.1, -0.05) is 19.1 Å². The largest absolute Gasteiger partial charge is 0.481 e. The van der Waals surface area contributed by atoms with Gasteiger partial charge in [-0.3, -0.25) is 9.78 Å². The van der Waals surface area contributed by atoms with Gasteiger partial charge in [0.2, 0.25) is 21.8 Å². The molecule has 2 fully saturated rings. The van der Waals surface area contributed by atoms with Gasteiger partial charge in [0.25, 0.3) is 5.92 Å². The highest BCUT2D eigenvalue weighted by atomic mass is 32.2. The van der Waals surface area contributed by atoms with Crippen LogP contribution in [0.2, 0.25) is 0 Å². The first-order valence-electron chi connectivity index (χ1n) is 11.0. The average Bonchev–Trinajstić information content (AvgIpc) is 2.98. The molecule has 0 unspecified atom stereocenters. The van der Waals surface area contributed by atoms with Crippen molar-refractivity contribution in [1.29, 1.82) is 0 Å². The molecule has 0 bridgehead atoms. The smallest absolute Gasteiger partial charge is 0.252 e. The molecule has 2 aliphatic rings. The molecule has 1 aliphatic heterocycles. The Hall–Kier alpha value is -2.88. The lowest BCUT2D eigenvalue weighted by molar-refractivity contribution is -0.127. The summed E-state index contributed by atoms with van der Waals surface area (Å²) in [5.74, 6) is -5.83. The van der Waals surface area contributed by atoms with Crippen LogP contribution in [0.3, 0.4) is 0 Å². The summed E-state index contributed by atoms with van der Waals surface area (Å²) in [5, 5.41) is -1.30. The Bertz CT molecular complexity index is 1220. The first-order chi connectivity index (χ1) is 16.0. The summed E-state index contributed by atoms with van der Waals surface area (Å²) < 4.78 is 61.7. The molecule has 1 aliphatic carbocycles. The Balaban J connectivity index is 1.65. The lowest BCUT2D eigenvalue weighted by Crippen LogP contribution is -2.49. The van der Waals surface area contributed by atoms with Crippen molar-refractivity contribution in [3.63, 3.8) is 0 Å². The summed E-state index contributed by atoms with van der Waals surface area (Å²) in [4.78, 5) is 20.6. The summed E-state index contributed by atoms with van der Waals surface area (Å²) >= 11 is 0. The zero-order valence-corrected chi connectivity index (χ0v) is 20.2. The molecule has 0 aromatic carbocycles. The maximum atomic E-state index is 14.9. The number of halogens is 2. The minimum absolute atomic E-state index is 0.461. The van der Waals surface area contributed by atoms with Crippen molar-refractivity contribution in [2.75, 3.05) is 7.11 Å². The molecular formula is C24H27F2N3O4S. The van der Waals surface area contributed by atoms with E-state index in [2.05, 4.69) is 9.97 Å². The SMILES string of the molecule is COc1ncccc1-c1ccc(C=C[C@@H]2[C@@H]3[C@@H](C)N(C(C)=O)S(=O)(=O)[C@@H]3CC(F)(F)[C@H]2C)nc1. The van der Waals surface area contributed by atoms with E-state index >= 15 is 0 Å². The van der Waals surface area contributed by atoms with Crippen LogP contribution in [0.15, 0.2) is 42.7 Å². The van der Waals surface area contributed by atoms with E-state index in [1.165, 1.54) is 14.0 Å². The Kier molecular flexibility index (Phi) is 6.22. The molecule has 10 heteroatoms. The van der Waals surface area contributed by atoms with Crippen molar-refractivity contribution in [3.8, 4) is 17.0 Å². The number of hydrogen-bond donors (Lipinski definition) is 0. The molecule has 2 aromatic rings. The summed E-state index contributed by atoms with van der Waals surface area (Å²) in [6.45, 7) is 4.21. The van der Waals surface area contributed by atoms with E-state index < -0.39 is 57.3 Å². The van der Waals surface area contributed by atoms with Gasteiger partial charge in [0, 0.05) is 54.7 Å². The summed E-state index contributed by atoms with van der Waals surface area (Å²) in [6.07, 6.45) is 5.75. The van der Waals surface area contributed by atoms with Crippen LogP contribution in [-0.4, -0.2) is 52.9 Å². The number of pyridine rings is 2. The van der Waals surface area contributed by atoms with Gasteiger partial charge in [-0.05, 0) is 37.1 Å². The van der Waals surface area contributed by atoms with E-state index in [4.69, 9.17) is 4.74 Å². The number of alkyl halides is 2. The normalized spacial score (nSPS) is 29.7. The zero-order valence-electron chi connectivity index (χ0n) is 19.4. The van der Waals surface area contributed by atoms with Crippen LogP contribution in [0, 0.1) is 17.8 Å². The number of hydrogen-bond acceptors (Lipinski definition) is 6. The van der Waals surface area contributed by atoms with Crippen LogP contribution in [-0.2, 0) is 14.8 Å². The maximum Gasteiger partial charge on any atom is 0.252 e. The molecule has 5 atom stereocenters. The molecule has 34 heavy (non-hydrogen) atoms. The van der Waals surface area contributed by atoms with Crippen molar-refractivity contribution in [2.24, 2.45) is 17.8 Å². The van der Waals surface area contributed by atoms with Crippen LogP contribution in [0.5, 0.6) is 5.88 Å². The fraction of sp³-hybridized carbons (Fsp3) is 0.458. The Morgan fingerprint density at radius 2 is 1.97 bits per heavy atom. The number of carbonyl (C=O) groups is 1. The molecule has 4 rings (SSSR count). The number of ether oxygens (including phenoxy) is 1. The van der Waals surface area contributed by atoms with E-state index in [1.807, 2.05) is 12.1 Å². The number of allylic oxidation sites excluding steroid dienone is 1. The lowest BCUT2D eigenvalue weighted by Gasteiger charge is -2.41. The fourth-order valence-corrected chi connectivity index (χ4v) is 7.82. The number of nitrogens with zero attached hydrogens (tertiary/aromatic N) is 3. The summed E-state index contributed by atoms with van der Waals surface area (Å²) in [7, 11) is -2.62. The van der Waals surface area contributed by atoms with Crippen molar-refractivity contribution in [2.45, 2.75) is 44.4 Å². The maximum absolute atomic E-state index is 14.9. The van der Waals surface area contributed by atoms with Crippen LogP contribution >= 0.6 is 0 Å². The van der Waals surface area contributed by atoms with Gasteiger partial charge in [0.1, 0.15) is 0 Å².